The van der Waals surface area contributed by atoms with Gasteiger partial charge in [-0.3, -0.25) is 0 Å². The number of ether oxygens (including phenoxy) is 2. The van der Waals surface area contributed by atoms with Crippen molar-refractivity contribution in [3.05, 3.63) is 96.6 Å². The van der Waals surface area contributed by atoms with E-state index in [1.54, 1.807) is 12.1 Å². The first-order chi connectivity index (χ1) is 18.8. The number of carboxylic acids is 1. The Balaban J connectivity index is 1.66. The van der Waals surface area contributed by atoms with Crippen LogP contribution in [0.5, 0.6) is 0 Å². The van der Waals surface area contributed by atoms with E-state index in [0.29, 0.717) is 25.2 Å². The number of carbonyl (C=O) groups is 1. The molecule has 0 amide bonds. The highest BCUT2D eigenvalue weighted by Crippen LogP contribution is 2.37. The van der Waals surface area contributed by atoms with E-state index in [4.69, 9.17) is 13.9 Å². The number of carboxylic acid groups (broad SMARTS) is 1. The van der Waals surface area contributed by atoms with Gasteiger partial charge in [-0.1, -0.05) is 112 Å². The molecule has 0 saturated heterocycles. The summed E-state index contributed by atoms with van der Waals surface area (Å²) in [5.41, 5.74) is -0.474. The molecule has 216 valence electrons. The van der Waals surface area contributed by atoms with Gasteiger partial charge in [-0.05, 0) is 61.5 Å². The third-order valence-corrected chi connectivity index (χ3v) is 12.4. The number of benzene rings is 3. The van der Waals surface area contributed by atoms with E-state index in [2.05, 4.69) is 95.3 Å². The summed E-state index contributed by atoms with van der Waals surface area (Å²) in [4.78, 5) is 11.9. The monoisotopic (exact) mass is 562 g/mol. The lowest BCUT2D eigenvalue weighted by molar-refractivity contribution is -0.165. The number of aliphatic carboxylic acids is 1. The number of hydrogen-bond acceptors (Lipinski definition) is 4. The molecule has 0 aromatic heterocycles. The molecule has 0 bridgehead atoms. The normalized spacial score (nSPS) is 13.7. The van der Waals surface area contributed by atoms with Gasteiger partial charge in [-0.25, -0.2) is 4.79 Å². The fraction of sp³-hybridized carbons (Fsp3) is 0.441. The Morgan fingerprint density at radius 2 is 1.15 bits per heavy atom. The van der Waals surface area contributed by atoms with E-state index in [-0.39, 0.29) is 5.04 Å². The summed E-state index contributed by atoms with van der Waals surface area (Å²) in [6, 6.07) is 30.4. The molecule has 3 aromatic carbocycles. The Morgan fingerprint density at radius 1 is 0.700 bits per heavy atom. The summed E-state index contributed by atoms with van der Waals surface area (Å²) in [7, 11) is -2.60. The standard InChI is InChI=1S/C34H46O5Si/c1-32(2,3)40(28-19-13-9-14-20-28,29-21-15-10-16-22-29)38-26-24-33(4,5)37-25-23-34(6,7)39-30(31(35)36)27-17-11-8-12-18-27/h8-22,30H,23-26H2,1-7H3,(H,35,36). The van der Waals surface area contributed by atoms with Gasteiger partial charge >= 0.3 is 5.97 Å². The summed E-state index contributed by atoms with van der Waals surface area (Å²) in [5.74, 6) is -0.999. The fourth-order valence-corrected chi connectivity index (χ4v) is 9.69. The minimum absolute atomic E-state index is 0.0818. The van der Waals surface area contributed by atoms with Crippen molar-refractivity contribution in [3.63, 3.8) is 0 Å². The highest BCUT2D eigenvalue weighted by Gasteiger charge is 2.50. The van der Waals surface area contributed by atoms with Gasteiger partial charge in [0.1, 0.15) is 0 Å². The van der Waals surface area contributed by atoms with Crippen LogP contribution < -0.4 is 10.4 Å². The Kier molecular flexibility index (Phi) is 10.5. The van der Waals surface area contributed by atoms with Gasteiger partial charge in [0.15, 0.2) is 6.10 Å². The van der Waals surface area contributed by atoms with Crippen LogP contribution in [-0.2, 0) is 18.7 Å². The Hall–Kier alpha value is -2.77. The topological polar surface area (TPSA) is 65.0 Å². The van der Waals surface area contributed by atoms with Crippen LogP contribution >= 0.6 is 0 Å². The SMILES string of the molecule is CC(C)(CCO[Si](c1ccccc1)(c1ccccc1)C(C)(C)C)OCCC(C)(C)OC(C(=O)O)c1ccccc1. The Morgan fingerprint density at radius 3 is 1.60 bits per heavy atom. The first kappa shape index (κ1) is 31.8. The van der Waals surface area contributed by atoms with Gasteiger partial charge in [0.05, 0.1) is 17.8 Å². The quantitative estimate of drug-likeness (QED) is 0.220. The van der Waals surface area contributed by atoms with Crippen LogP contribution in [0.25, 0.3) is 0 Å². The zero-order valence-corrected chi connectivity index (χ0v) is 26.1. The largest absolute Gasteiger partial charge is 0.479 e. The van der Waals surface area contributed by atoms with Crippen molar-refractivity contribution in [2.45, 2.75) is 83.7 Å². The van der Waals surface area contributed by atoms with E-state index < -0.39 is 31.6 Å². The highest BCUT2D eigenvalue weighted by atomic mass is 28.4. The fourth-order valence-electron chi connectivity index (χ4n) is 5.12. The summed E-state index contributed by atoms with van der Waals surface area (Å²) in [6.07, 6.45) is 0.257. The lowest BCUT2D eigenvalue weighted by Gasteiger charge is -2.43. The minimum atomic E-state index is -2.60. The smallest absolute Gasteiger partial charge is 0.337 e. The van der Waals surface area contributed by atoms with Crippen molar-refractivity contribution in [1.29, 1.82) is 0 Å². The molecule has 1 unspecified atom stereocenters. The molecule has 0 aliphatic rings. The summed E-state index contributed by atoms with van der Waals surface area (Å²) < 4.78 is 19.4. The van der Waals surface area contributed by atoms with Crippen molar-refractivity contribution in [2.24, 2.45) is 0 Å². The molecule has 1 N–H and O–H groups in total. The molecular weight excluding hydrogens is 516 g/mol. The van der Waals surface area contributed by atoms with Crippen LogP contribution in [0.1, 0.15) is 73.0 Å². The molecule has 1 atom stereocenters. The van der Waals surface area contributed by atoms with Crippen LogP contribution in [-0.4, -0.2) is 43.8 Å². The van der Waals surface area contributed by atoms with Crippen LogP contribution in [0.3, 0.4) is 0 Å². The van der Waals surface area contributed by atoms with Crippen molar-refractivity contribution >= 4 is 24.7 Å². The maximum absolute atomic E-state index is 11.9. The van der Waals surface area contributed by atoms with Crippen molar-refractivity contribution in [2.75, 3.05) is 13.2 Å². The van der Waals surface area contributed by atoms with Gasteiger partial charge in [0.25, 0.3) is 8.32 Å². The third-order valence-electron chi connectivity index (χ3n) is 7.40. The van der Waals surface area contributed by atoms with Crippen LogP contribution in [0.4, 0.5) is 0 Å². The summed E-state index contributed by atoms with van der Waals surface area (Å²) in [5, 5.41) is 12.2. The zero-order chi connectivity index (χ0) is 29.4. The highest BCUT2D eigenvalue weighted by molar-refractivity contribution is 6.99. The molecule has 0 aliphatic heterocycles. The molecule has 0 saturated carbocycles. The second-order valence-electron chi connectivity index (χ2n) is 12.6. The molecule has 3 aromatic rings. The molecule has 3 rings (SSSR count). The molecule has 0 fully saturated rings. The van der Waals surface area contributed by atoms with E-state index in [0.717, 1.165) is 6.42 Å². The minimum Gasteiger partial charge on any atom is -0.479 e. The molecule has 0 radical (unpaired) electrons. The van der Waals surface area contributed by atoms with Gasteiger partial charge < -0.3 is 19.0 Å². The number of hydrogen-bond donors (Lipinski definition) is 1. The molecule has 40 heavy (non-hydrogen) atoms. The number of rotatable bonds is 14. The maximum Gasteiger partial charge on any atom is 0.337 e. The van der Waals surface area contributed by atoms with Crippen molar-refractivity contribution in [1.82, 2.24) is 0 Å². The first-order valence-electron chi connectivity index (χ1n) is 14.1. The van der Waals surface area contributed by atoms with Crippen molar-refractivity contribution in [3.8, 4) is 0 Å². The van der Waals surface area contributed by atoms with Gasteiger partial charge in [0, 0.05) is 6.61 Å². The molecule has 0 aliphatic carbocycles. The third kappa shape index (κ3) is 8.13. The molecule has 6 heteroatoms. The molecule has 0 spiro atoms. The average Bonchev–Trinajstić information content (AvgIpc) is 2.90. The predicted molar refractivity (Wildman–Crippen MR) is 165 cm³/mol. The van der Waals surface area contributed by atoms with Crippen LogP contribution in [0.2, 0.25) is 5.04 Å². The van der Waals surface area contributed by atoms with E-state index in [1.807, 2.05) is 32.0 Å². The molecule has 5 nitrogen and oxygen atoms in total. The Bertz CT molecular complexity index is 1150. The van der Waals surface area contributed by atoms with Gasteiger partial charge in [0.2, 0.25) is 0 Å². The first-order valence-corrected chi connectivity index (χ1v) is 16.0. The second-order valence-corrected chi connectivity index (χ2v) is 16.9. The molecular formula is C34H46O5Si. The predicted octanol–water partition coefficient (Wildman–Crippen LogP) is 6.76. The average molecular weight is 563 g/mol. The summed E-state index contributed by atoms with van der Waals surface area (Å²) >= 11 is 0. The van der Waals surface area contributed by atoms with E-state index >= 15 is 0 Å². The lowest BCUT2D eigenvalue weighted by atomic mass is 10.0. The Labute approximate surface area is 241 Å². The second kappa shape index (κ2) is 13.3. The van der Waals surface area contributed by atoms with E-state index in [1.165, 1.54) is 10.4 Å². The molecule has 0 heterocycles. The van der Waals surface area contributed by atoms with E-state index in [9.17, 15) is 9.90 Å². The lowest BCUT2D eigenvalue weighted by Crippen LogP contribution is -2.66. The van der Waals surface area contributed by atoms with Crippen LogP contribution in [0, 0.1) is 0 Å². The van der Waals surface area contributed by atoms with Crippen molar-refractivity contribution < 1.29 is 23.8 Å². The van der Waals surface area contributed by atoms with Gasteiger partial charge in [-0.15, -0.1) is 0 Å². The van der Waals surface area contributed by atoms with Gasteiger partial charge in [-0.2, -0.15) is 0 Å². The maximum atomic E-state index is 11.9. The zero-order valence-electron chi connectivity index (χ0n) is 25.1. The summed E-state index contributed by atoms with van der Waals surface area (Å²) in [6.45, 7) is 15.8. The van der Waals surface area contributed by atoms with Crippen LogP contribution in [0.15, 0.2) is 91.0 Å².